The van der Waals surface area contributed by atoms with Crippen molar-refractivity contribution >= 4 is 39.2 Å². The van der Waals surface area contributed by atoms with Gasteiger partial charge in [-0.2, -0.15) is 0 Å². The zero-order valence-electron chi connectivity index (χ0n) is 21.8. The van der Waals surface area contributed by atoms with E-state index >= 15 is 0 Å². The number of aliphatic hydroxyl groups excluding tert-OH is 1. The average Bonchev–Trinajstić information content (AvgIpc) is 3.56. The van der Waals surface area contributed by atoms with Gasteiger partial charge in [-0.05, 0) is 74.4 Å². The summed E-state index contributed by atoms with van der Waals surface area (Å²) in [5, 5.41) is 13.5. The summed E-state index contributed by atoms with van der Waals surface area (Å²) < 4.78 is 7.61. The van der Waals surface area contributed by atoms with Crippen molar-refractivity contribution in [1.82, 2.24) is 9.55 Å². The highest BCUT2D eigenvalue weighted by molar-refractivity contribution is 7.16. The number of thiazole rings is 1. The van der Waals surface area contributed by atoms with Crippen molar-refractivity contribution in [1.29, 1.82) is 0 Å². The Bertz CT molecular complexity index is 1450. The molecule has 2 heterocycles. The number of nitrogens with one attached hydrogen (secondary N) is 1. The maximum Gasteiger partial charge on any atom is 0.234 e. The number of amides is 1. The fourth-order valence-corrected chi connectivity index (χ4v) is 5.42. The minimum atomic E-state index is -0.134. The van der Waals surface area contributed by atoms with E-state index in [4.69, 9.17) is 14.8 Å². The van der Waals surface area contributed by atoms with Crippen LogP contribution in [0.2, 0.25) is 0 Å². The fraction of sp³-hybridized carbons (Fsp3) is 0.367. The summed E-state index contributed by atoms with van der Waals surface area (Å²) in [4.78, 5) is 31.0. The van der Waals surface area contributed by atoms with E-state index in [-0.39, 0.29) is 30.8 Å². The van der Waals surface area contributed by atoms with Gasteiger partial charge in [-0.15, -0.1) is 11.3 Å². The van der Waals surface area contributed by atoms with Crippen LogP contribution in [0.1, 0.15) is 47.8 Å². The number of aliphatic hydroxyl groups is 1. The number of carbonyl (C=O) groups excluding carboxylic acids is 2. The fourth-order valence-electron chi connectivity index (χ4n) is 4.56. The number of hydrogen-bond acceptors (Lipinski definition) is 6. The highest BCUT2D eigenvalue weighted by Crippen LogP contribution is 2.35. The SMILES string of the molecule is Cc1sc(NC(=O)Cc2cccc(OCCC(C)CCO)c2)nc1-c1ccc2c(ccn2C(=O)C2CC2)c1. The normalized spacial score (nSPS) is 14.0. The Hall–Kier alpha value is -3.49. The molecule has 1 aliphatic rings. The van der Waals surface area contributed by atoms with Gasteiger partial charge >= 0.3 is 0 Å². The number of anilines is 1. The van der Waals surface area contributed by atoms with Crippen LogP contribution in [0, 0.1) is 18.8 Å². The number of nitrogens with zero attached hydrogens (tertiary/aromatic N) is 2. The first-order chi connectivity index (χ1) is 18.4. The van der Waals surface area contributed by atoms with Crippen LogP contribution < -0.4 is 10.1 Å². The Kier molecular flexibility index (Phi) is 7.90. The van der Waals surface area contributed by atoms with Crippen molar-refractivity contribution < 1.29 is 19.4 Å². The number of rotatable bonds is 11. The first kappa shape index (κ1) is 26.1. The average molecular weight is 532 g/mol. The van der Waals surface area contributed by atoms with E-state index in [0.717, 1.165) is 64.0 Å². The third kappa shape index (κ3) is 6.14. The van der Waals surface area contributed by atoms with Gasteiger partial charge in [0.15, 0.2) is 5.13 Å². The molecule has 7 nitrogen and oxygen atoms in total. The van der Waals surface area contributed by atoms with Gasteiger partial charge in [-0.1, -0.05) is 25.1 Å². The number of ether oxygens (including phenoxy) is 1. The van der Waals surface area contributed by atoms with E-state index in [0.29, 0.717) is 17.7 Å². The van der Waals surface area contributed by atoms with E-state index in [2.05, 4.69) is 18.3 Å². The van der Waals surface area contributed by atoms with Crippen LogP contribution in [0.25, 0.3) is 22.2 Å². The minimum absolute atomic E-state index is 0.134. The van der Waals surface area contributed by atoms with Gasteiger partial charge in [-0.25, -0.2) is 4.98 Å². The van der Waals surface area contributed by atoms with Gasteiger partial charge in [0.05, 0.1) is 24.2 Å². The summed E-state index contributed by atoms with van der Waals surface area (Å²) >= 11 is 1.45. The molecule has 5 rings (SSSR count). The molecule has 2 N–H and O–H groups in total. The lowest BCUT2D eigenvalue weighted by atomic mass is 10.1. The third-order valence-electron chi connectivity index (χ3n) is 6.94. The molecule has 1 fully saturated rings. The molecule has 1 amide bonds. The Labute approximate surface area is 226 Å². The first-order valence-corrected chi connectivity index (χ1v) is 14.0. The molecule has 198 valence electrons. The van der Waals surface area contributed by atoms with Crippen molar-refractivity contribution in [2.24, 2.45) is 11.8 Å². The Balaban J connectivity index is 1.21. The van der Waals surface area contributed by atoms with Gasteiger partial charge in [0.2, 0.25) is 11.8 Å². The number of hydrogen-bond donors (Lipinski definition) is 2. The molecule has 1 aliphatic carbocycles. The monoisotopic (exact) mass is 531 g/mol. The second-order valence-corrected chi connectivity index (χ2v) is 11.3. The molecule has 4 aromatic rings. The zero-order valence-corrected chi connectivity index (χ0v) is 22.6. The summed E-state index contributed by atoms with van der Waals surface area (Å²) in [5.74, 6) is 1.35. The smallest absolute Gasteiger partial charge is 0.234 e. The van der Waals surface area contributed by atoms with Gasteiger partial charge in [0, 0.05) is 34.5 Å². The molecule has 8 heteroatoms. The van der Waals surface area contributed by atoms with Crippen molar-refractivity contribution in [3.05, 3.63) is 65.2 Å². The summed E-state index contributed by atoms with van der Waals surface area (Å²) in [6, 6.07) is 15.6. The van der Waals surface area contributed by atoms with Crippen molar-refractivity contribution in [3.8, 4) is 17.0 Å². The number of aromatic nitrogens is 2. The summed E-state index contributed by atoms with van der Waals surface area (Å²) in [6.07, 6.45) is 5.67. The Morgan fingerprint density at radius 1 is 1.18 bits per heavy atom. The molecule has 2 aromatic heterocycles. The zero-order chi connectivity index (χ0) is 26.6. The Morgan fingerprint density at radius 3 is 2.82 bits per heavy atom. The molecular formula is C30H33N3O4S. The molecule has 38 heavy (non-hydrogen) atoms. The number of aryl methyl sites for hydroxylation is 1. The number of carbonyl (C=O) groups is 2. The molecular weight excluding hydrogens is 498 g/mol. The second-order valence-electron chi connectivity index (χ2n) is 10.1. The summed E-state index contributed by atoms with van der Waals surface area (Å²) in [6.45, 7) is 4.86. The minimum Gasteiger partial charge on any atom is -0.494 e. The van der Waals surface area contributed by atoms with Crippen LogP contribution >= 0.6 is 11.3 Å². The van der Waals surface area contributed by atoms with Crippen LogP contribution in [-0.4, -0.2) is 39.7 Å². The molecule has 0 bridgehead atoms. The van der Waals surface area contributed by atoms with Gasteiger partial charge in [-0.3, -0.25) is 14.2 Å². The summed E-state index contributed by atoms with van der Waals surface area (Å²) in [5.41, 5.74) is 3.58. The van der Waals surface area contributed by atoms with E-state index in [1.54, 1.807) is 4.57 Å². The summed E-state index contributed by atoms with van der Waals surface area (Å²) in [7, 11) is 0. The molecule has 1 atom stereocenters. The predicted octanol–water partition coefficient (Wildman–Crippen LogP) is 6.09. The molecule has 1 unspecified atom stereocenters. The van der Waals surface area contributed by atoms with Crippen LogP contribution in [0.15, 0.2) is 54.7 Å². The predicted molar refractivity (Wildman–Crippen MR) is 151 cm³/mol. The Morgan fingerprint density at radius 2 is 2.03 bits per heavy atom. The first-order valence-electron chi connectivity index (χ1n) is 13.2. The number of benzene rings is 2. The second kappa shape index (κ2) is 11.5. The third-order valence-corrected chi connectivity index (χ3v) is 7.82. The van der Waals surface area contributed by atoms with Gasteiger partial charge in [0.25, 0.3) is 0 Å². The molecule has 1 saturated carbocycles. The van der Waals surface area contributed by atoms with Gasteiger partial charge in [0.1, 0.15) is 5.75 Å². The molecule has 0 aliphatic heterocycles. The van der Waals surface area contributed by atoms with Crippen LogP contribution in [0.5, 0.6) is 5.75 Å². The quantitative estimate of drug-likeness (QED) is 0.244. The van der Waals surface area contributed by atoms with E-state index in [9.17, 15) is 9.59 Å². The molecule has 2 aromatic carbocycles. The molecule has 0 radical (unpaired) electrons. The molecule has 0 saturated heterocycles. The van der Waals surface area contributed by atoms with E-state index in [1.807, 2.05) is 55.6 Å². The van der Waals surface area contributed by atoms with E-state index < -0.39 is 0 Å². The van der Waals surface area contributed by atoms with Crippen molar-refractivity contribution in [2.45, 2.75) is 46.0 Å². The maximum absolute atomic E-state index is 12.8. The molecule has 0 spiro atoms. The largest absolute Gasteiger partial charge is 0.494 e. The van der Waals surface area contributed by atoms with Crippen molar-refractivity contribution in [2.75, 3.05) is 18.5 Å². The van der Waals surface area contributed by atoms with Crippen molar-refractivity contribution in [3.63, 3.8) is 0 Å². The lowest BCUT2D eigenvalue weighted by molar-refractivity contribution is -0.115. The van der Waals surface area contributed by atoms with Crippen LogP contribution in [0.4, 0.5) is 5.13 Å². The van der Waals surface area contributed by atoms with E-state index in [1.165, 1.54) is 11.3 Å². The number of fused-ring (bicyclic) bond motifs is 1. The highest BCUT2D eigenvalue weighted by Gasteiger charge is 2.31. The lowest BCUT2D eigenvalue weighted by Crippen LogP contribution is -2.14. The van der Waals surface area contributed by atoms with Crippen LogP contribution in [-0.2, 0) is 11.2 Å². The maximum atomic E-state index is 12.8. The van der Waals surface area contributed by atoms with Gasteiger partial charge < -0.3 is 15.2 Å². The topological polar surface area (TPSA) is 93.4 Å². The highest BCUT2D eigenvalue weighted by atomic mass is 32.1. The standard InChI is InChI=1S/C30H33N3O4S/c1-19(11-14-34)12-15-37-25-5-3-4-21(16-25)17-27(35)31-30-32-28(20(2)38-30)24-8-9-26-23(18-24)10-13-33(26)29(36)22-6-7-22/h3-5,8-10,13,16,18-19,22,34H,6-7,11-12,14-15,17H2,1-2H3,(H,31,32,35). The van der Waals surface area contributed by atoms with Crippen LogP contribution in [0.3, 0.4) is 0 Å². The lowest BCUT2D eigenvalue weighted by Gasteiger charge is -2.11.